The molecule has 1 aromatic carbocycles. The maximum atomic E-state index is 13.7. The van der Waals surface area contributed by atoms with Gasteiger partial charge in [0.05, 0.1) is 11.7 Å². The van der Waals surface area contributed by atoms with Gasteiger partial charge in [-0.2, -0.15) is 0 Å². The number of hydrogen-bond acceptors (Lipinski definition) is 2. The molecule has 1 N–H and O–H groups in total. The average molecular weight is 255 g/mol. The van der Waals surface area contributed by atoms with Crippen molar-refractivity contribution >= 4 is 0 Å². The highest BCUT2D eigenvalue weighted by molar-refractivity contribution is 5.22. The minimum atomic E-state index is -0.559. The van der Waals surface area contributed by atoms with Crippen molar-refractivity contribution in [3.63, 3.8) is 0 Å². The maximum absolute atomic E-state index is 13.7. The fourth-order valence-electron chi connectivity index (χ4n) is 2.51. The van der Waals surface area contributed by atoms with Gasteiger partial charge in [0.15, 0.2) is 0 Å². The molecule has 0 aliphatic carbocycles. The van der Waals surface area contributed by atoms with Gasteiger partial charge in [0, 0.05) is 24.7 Å². The van der Waals surface area contributed by atoms with E-state index in [9.17, 15) is 8.78 Å². The Morgan fingerprint density at radius 2 is 2.22 bits per heavy atom. The van der Waals surface area contributed by atoms with Gasteiger partial charge in [-0.3, -0.25) is 0 Å². The van der Waals surface area contributed by atoms with Crippen LogP contribution in [0.5, 0.6) is 0 Å². The normalized spacial score (nSPS) is 28.3. The van der Waals surface area contributed by atoms with E-state index in [4.69, 9.17) is 4.74 Å². The Kier molecular flexibility index (Phi) is 3.97. The van der Waals surface area contributed by atoms with Gasteiger partial charge in [-0.1, -0.05) is 19.4 Å². The first kappa shape index (κ1) is 13.4. The molecular formula is C14H19F2NO. The lowest BCUT2D eigenvalue weighted by Crippen LogP contribution is -2.49. The second-order valence-electron chi connectivity index (χ2n) is 5.10. The Morgan fingerprint density at radius 3 is 2.89 bits per heavy atom. The lowest BCUT2D eigenvalue weighted by atomic mass is 9.96. The van der Waals surface area contributed by atoms with E-state index in [2.05, 4.69) is 12.2 Å². The largest absolute Gasteiger partial charge is 0.365 e. The lowest BCUT2D eigenvalue weighted by Gasteiger charge is -2.39. The van der Waals surface area contributed by atoms with E-state index in [-0.39, 0.29) is 11.7 Å². The van der Waals surface area contributed by atoms with E-state index in [1.54, 1.807) is 0 Å². The summed E-state index contributed by atoms with van der Waals surface area (Å²) < 4.78 is 32.6. The summed E-state index contributed by atoms with van der Waals surface area (Å²) in [5.41, 5.74) is 0.143. The number of hydrogen-bond donors (Lipinski definition) is 1. The minimum absolute atomic E-state index is 0.279. The van der Waals surface area contributed by atoms with Crippen molar-refractivity contribution in [3.05, 3.63) is 35.4 Å². The maximum Gasteiger partial charge on any atom is 0.131 e. The molecule has 18 heavy (non-hydrogen) atoms. The van der Waals surface area contributed by atoms with Gasteiger partial charge in [-0.25, -0.2) is 8.78 Å². The van der Waals surface area contributed by atoms with Crippen molar-refractivity contribution in [2.75, 3.05) is 13.1 Å². The Balaban J connectivity index is 2.18. The highest BCUT2D eigenvalue weighted by Crippen LogP contribution is 2.31. The van der Waals surface area contributed by atoms with Crippen molar-refractivity contribution in [2.24, 2.45) is 0 Å². The van der Waals surface area contributed by atoms with Crippen molar-refractivity contribution in [1.29, 1.82) is 0 Å². The fourth-order valence-corrected chi connectivity index (χ4v) is 2.51. The summed E-state index contributed by atoms with van der Waals surface area (Å²) in [6.45, 7) is 5.44. The lowest BCUT2D eigenvalue weighted by molar-refractivity contribution is -0.113. The van der Waals surface area contributed by atoms with Crippen LogP contribution >= 0.6 is 0 Å². The molecule has 2 nitrogen and oxygen atoms in total. The zero-order valence-electron chi connectivity index (χ0n) is 10.8. The standard InChI is InChI=1S/C14H19F2NO/c1-3-6-14(2)9-17-8-13(18-14)11-5-4-10(15)7-12(11)16/h4-5,7,13,17H,3,6,8-9H2,1-2H3. The first-order valence-corrected chi connectivity index (χ1v) is 6.37. The molecule has 0 radical (unpaired) electrons. The zero-order chi connectivity index (χ0) is 13.2. The molecule has 1 heterocycles. The smallest absolute Gasteiger partial charge is 0.131 e. The molecule has 2 unspecified atom stereocenters. The van der Waals surface area contributed by atoms with Gasteiger partial charge in [0.25, 0.3) is 0 Å². The van der Waals surface area contributed by atoms with Crippen LogP contribution in [0.2, 0.25) is 0 Å². The highest BCUT2D eigenvalue weighted by atomic mass is 19.1. The summed E-state index contributed by atoms with van der Waals surface area (Å²) >= 11 is 0. The van der Waals surface area contributed by atoms with Crippen LogP contribution in [0.4, 0.5) is 8.78 Å². The summed E-state index contributed by atoms with van der Waals surface area (Å²) in [5, 5.41) is 3.27. The van der Waals surface area contributed by atoms with Crippen LogP contribution in [0, 0.1) is 11.6 Å². The predicted octanol–water partition coefficient (Wildman–Crippen LogP) is 3.18. The SMILES string of the molecule is CCCC1(C)CNCC(c2ccc(F)cc2F)O1. The van der Waals surface area contributed by atoms with Crippen LogP contribution in [0.1, 0.15) is 38.4 Å². The molecule has 4 heteroatoms. The molecule has 0 spiro atoms. The van der Waals surface area contributed by atoms with Gasteiger partial charge >= 0.3 is 0 Å². The third-order valence-corrected chi connectivity index (χ3v) is 3.34. The summed E-state index contributed by atoms with van der Waals surface area (Å²) in [7, 11) is 0. The number of morpholine rings is 1. The van der Waals surface area contributed by atoms with Crippen LogP contribution in [0.25, 0.3) is 0 Å². The van der Waals surface area contributed by atoms with E-state index in [0.717, 1.165) is 25.5 Å². The Bertz CT molecular complexity index is 420. The molecule has 1 aliphatic rings. The third-order valence-electron chi connectivity index (χ3n) is 3.34. The molecule has 1 aromatic rings. The first-order valence-electron chi connectivity index (χ1n) is 6.37. The van der Waals surface area contributed by atoms with E-state index in [1.165, 1.54) is 12.1 Å². The van der Waals surface area contributed by atoms with E-state index in [1.807, 2.05) is 6.92 Å². The zero-order valence-corrected chi connectivity index (χ0v) is 10.8. The summed E-state index contributed by atoms with van der Waals surface area (Å²) in [4.78, 5) is 0. The molecule has 2 rings (SSSR count). The van der Waals surface area contributed by atoms with Crippen molar-refractivity contribution in [1.82, 2.24) is 5.32 Å². The van der Waals surface area contributed by atoms with Gasteiger partial charge in [0.2, 0.25) is 0 Å². The van der Waals surface area contributed by atoms with E-state index >= 15 is 0 Å². The minimum Gasteiger partial charge on any atom is -0.365 e. The second-order valence-corrected chi connectivity index (χ2v) is 5.10. The Morgan fingerprint density at radius 1 is 1.44 bits per heavy atom. The molecule has 1 fully saturated rings. The first-order chi connectivity index (χ1) is 8.54. The topological polar surface area (TPSA) is 21.3 Å². The van der Waals surface area contributed by atoms with Gasteiger partial charge in [-0.15, -0.1) is 0 Å². The number of ether oxygens (including phenoxy) is 1. The third kappa shape index (κ3) is 2.87. The van der Waals surface area contributed by atoms with Crippen LogP contribution in [-0.2, 0) is 4.74 Å². The molecule has 100 valence electrons. The van der Waals surface area contributed by atoms with E-state index < -0.39 is 11.6 Å². The average Bonchev–Trinajstić information content (AvgIpc) is 2.28. The summed E-state index contributed by atoms with van der Waals surface area (Å²) in [6.07, 6.45) is 1.58. The number of nitrogens with one attached hydrogen (secondary N) is 1. The molecule has 0 bridgehead atoms. The number of rotatable bonds is 3. The molecule has 2 atom stereocenters. The van der Waals surface area contributed by atoms with Crippen LogP contribution in [0.15, 0.2) is 18.2 Å². The summed E-state index contributed by atoms with van der Waals surface area (Å²) in [6, 6.07) is 3.65. The molecule has 0 saturated carbocycles. The number of halogens is 2. The van der Waals surface area contributed by atoms with Crippen molar-refractivity contribution in [3.8, 4) is 0 Å². The molecule has 0 aromatic heterocycles. The van der Waals surface area contributed by atoms with E-state index in [0.29, 0.717) is 12.1 Å². The van der Waals surface area contributed by atoms with Gasteiger partial charge in [-0.05, 0) is 19.4 Å². The quantitative estimate of drug-likeness (QED) is 0.895. The monoisotopic (exact) mass is 255 g/mol. The number of benzene rings is 1. The predicted molar refractivity (Wildman–Crippen MR) is 66.4 cm³/mol. The Labute approximate surface area is 106 Å². The molecule has 1 saturated heterocycles. The second kappa shape index (κ2) is 5.33. The highest BCUT2D eigenvalue weighted by Gasteiger charge is 2.33. The van der Waals surface area contributed by atoms with Crippen LogP contribution in [-0.4, -0.2) is 18.7 Å². The molecule has 1 aliphatic heterocycles. The van der Waals surface area contributed by atoms with Gasteiger partial charge < -0.3 is 10.1 Å². The molecule has 0 amide bonds. The van der Waals surface area contributed by atoms with Gasteiger partial charge in [0.1, 0.15) is 11.6 Å². The van der Waals surface area contributed by atoms with Crippen molar-refractivity contribution < 1.29 is 13.5 Å². The fraction of sp³-hybridized carbons (Fsp3) is 0.571. The van der Waals surface area contributed by atoms with Crippen molar-refractivity contribution in [2.45, 2.75) is 38.4 Å². The van der Waals surface area contributed by atoms with Crippen LogP contribution < -0.4 is 5.32 Å². The Hall–Kier alpha value is -1.00. The van der Waals surface area contributed by atoms with Crippen LogP contribution in [0.3, 0.4) is 0 Å². The summed E-state index contributed by atoms with van der Waals surface area (Å²) in [5.74, 6) is -1.10. The molecular weight excluding hydrogens is 236 g/mol.